The summed E-state index contributed by atoms with van der Waals surface area (Å²) in [6.07, 6.45) is 1.92. The number of aliphatic carboxylic acids is 1. The van der Waals surface area contributed by atoms with E-state index in [2.05, 4.69) is 15.4 Å². The summed E-state index contributed by atoms with van der Waals surface area (Å²) in [5.41, 5.74) is 1.33. The number of hydrogen-bond acceptors (Lipinski definition) is 8. The summed E-state index contributed by atoms with van der Waals surface area (Å²) in [4.78, 5) is 62.2. The highest BCUT2D eigenvalue weighted by atomic mass is 35.5. The minimum absolute atomic E-state index is 0.0685. The van der Waals surface area contributed by atoms with E-state index < -0.39 is 59.8 Å². The lowest BCUT2D eigenvalue weighted by atomic mass is 10.0. The number of ketones is 1. The average Bonchev–Trinajstić information content (AvgIpc) is 2.96. The number of ether oxygens (including phenoxy) is 2. The zero-order valence-corrected chi connectivity index (χ0v) is 26.4. The van der Waals surface area contributed by atoms with Gasteiger partial charge in [0.15, 0.2) is 5.78 Å². The third-order valence-electron chi connectivity index (χ3n) is 6.25. The van der Waals surface area contributed by atoms with Crippen molar-refractivity contribution in [3.8, 4) is 5.75 Å². The zero-order chi connectivity index (χ0) is 32.8. The zero-order valence-electron chi connectivity index (χ0n) is 24.9. The number of carbonyl (C=O) groups excluding carboxylic acids is 4. The van der Waals surface area contributed by atoms with Gasteiger partial charge in [0, 0.05) is 28.0 Å². The highest BCUT2D eigenvalue weighted by molar-refractivity contribution is 7.99. The fraction of sp³-hybridized carbons (Fsp3) is 0.387. The first-order chi connectivity index (χ1) is 20.9. The molecule has 2 atom stereocenters. The summed E-state index contributed by atoms with van der Waals surface area (Å²) in [7, 11) is 1.26. The number of esters is 1. The van der Waals surface area contributed by atoms with Gasteiger partial charge < -0.3 is 25.2 Å². The van der Waals surface area contributed by atoms with Crippen LogP contribution in [0.3, 0.4) is 0 Å². The molecule has 0 saturated heterocycles. The van der Waals surface area contributed by atoms with Crippen molar-refractivity contribution in [2.24, 2.45) is 5.92 Å². The number of methoxy groups -OCH3 is 1. The van der Waals surface area contributed by atoms with Crippen molar-refractivity contribution >= 4 is 59.0 Å². The molecule has 13 heteroatoms. The third-order valence-corrected chi connectivity index (χ3v) is 7.59. The van der Waals surface area contributed by atoms with E-state index in [1.54, 1.807) is 39.0 Å². The first-order valence-corrected chi connectivity index (χ1v) is 15.3. The molecule has 44 heavy (non-hydrogen) atoms. The van der Waals surface area contributed by atoms with Crippen molar-refractivity contribution in [3.63, 3.8) is 0 Å². The summed E-state index contributed by atoms with van der Waals surface area (Å²) in [5.74, 6) is -4.31. The number of hydrogen-bond donors (Lipinski definition) is 3. The lowest BCUT2D eigenvalue weighted by Crippen LogP contribution is -2.54. The lowest BCUT2D eigenvalue weighted by molar-refractivity contribution is -0.140. The van der Waals surface area contributed by atoms with Crippen LogP contribution in [0.25, 0.3) is 6.08 Å². The van der Waals surface area contributed by atoms with E-state index in [-0.39, 0.29) is 28.5 Å². The predicted molar refractivity (Wildman–Crippen MR) is 166 cm³/mol. The number of Topliss-reactive ketones (excluding diaryl/α,β-unsaturated/α-hetero) is 1. The Kier molecular flexibility index (Phi) is 14.9. The van der Waals surface area contributed by atoms with Crippen LogP contribution in [0.4, 0.5) is 4.39 Å². The first kappa shape index (κ1) is 36.3. The van der Waals surface area contributed by atoms with Crippen LogP contribution in [-0.2, 0) is 40.9 Å². The summed E-state index contributed by atoms with van der Waals surface area (Å²) in [6, 6.07) is 6.80. The van der Waals surface area contributed by atoms with E-state index in [0.717, 1.165) is 11.8 Å². The van der Waals surface area contributed by atoms with Crippen molar-refractivity contribution < 1.29 is 42.9 Å². The van der Waals surface area contributed by atoms with Crippen LogP contribution in [0.5, 0.6) is 5.75 Å². The van der Waals surface area contributed by atoms with E-state index in [1.807, 2.05) is 0 Å². The Labute approximate surface area is 264 Å². The van der Waals surface area contributed by atoms with Crippen molar-refractivity contribution in [2.45, 2.75) is 51.4 Å². The fourth-order valence-electron chi connectivity index (χ4n) is 4.01. The molecule has 10 nitrogen and oxygen atoms in total. The Morgan fingerprint density at radius 3 is 2.45 bits per heavy atom. The van der Waals surface area contributed by atoms with Gasteiger partial charge in [-0.05, 0) is 48.7 Å². The molecule has 0 spiro atoms. The smallest absolute Gasteiger partial charge is 0.330 e. The van der Waals surface area contributed by atoms with Gasteiger partial charge in [0.2, 0.25) is 11.8 Å². The maximum atomic E-state index is 14.1. The van der Waals surface area contributed by atoms with Gasteiger partial charge in [0.25, 0.3) is 0 Å². The highest BCUT2D eigenvalue weighted by Gasteiger charge is 2.30. The number of carbonyl (C=O) groups is 5. The minimum Gasteiger partial charge on any atom is -0.494 e. The summed E-state index contributed by atoms with van der Waals surface area (Å²) >= 11 is 7.06. The second-order valence-electron chi connectivity index (χ2n) is 9.94. The number of nitrogens with one attached hydrogen (secondary N) is 2. The van der Waals surface area contributed by atoms with Gasteiger partial charge in [0.1, 0.15) is 17.6 Å². The van der Waals surface area contributed by atoms with Crippen LogP contribution in [0.2, 0.25) is 5.02 Å². The average molecular weight is 651 g/mol. The van der Waals surface area contributed by atoms with E-state index in [0.29, 0.717) is 23.5 Å². The van der Waals surface area contributed by atoms with Gasteiger partial charge in [0.05, 0.1) is 38.4 Å². The van der Waals surface area contributed by atoms with Crippen molar-refractivity contribution in [3.05, 3.63) is 70.0 Å². The summed E-state index contributed by atoms with van der Waals surface area (Å²) in [6.45, 7) is 5.51. The van der Waals surface area contributed by atoms with Crippen LogP contribution >= 0.6 is 23.4 Å². The van der Waals surface area contributed by atoms with Gasteiger partial charge >= 0.3 is 11.9 Å². The normalized spacial score (nSPS) is 12.4. The van der Waals surface area contributed by atoms with Crippen LogP contribution < -0.4 is 15.4 Å². The molecule has 2 amide bonds. The molecule has 2 rings (SSSR count). The molecule has 0 radical (unpaired) electrons. The number of amides is 2. The molecule has 0 saturated carbocycles. The van der Waals surface area contributed by atoms with E-state index in [4.69, 9.17) is 16.3 Å². The number of halogens is 2. The molecule has 238 valence electrons. The molecule has 1 unspecified atom stereocenters. The quantitative estimate of drug-likeness (QED) is 0.169. The Morgan fingerprint density at radius 2 is 1.84 bits per heavy atom. The number of benzene rings is 2. The second-order valence-corrected chi connectivity index (χ2v) is 11.3. The van der Waals surface area contributed by atoms with Crippen molar-refractivity contribution in [1.82, 2.24) is 10.6 Å². The van der Waals surface area contributed by atoms with Gasteiger partial charge in [-0.2, -0.15) is 0 Å². The molecule has 0 aliphatic rings. The minimum atomic E-state index is -1.37. The molecule has 0 aromatic heterocycles. The fourth-order valence-corrected chi connectivity index (χ4v) is 5.32. The lowest BCUT2D eigenvalue weighted by Gasteiger charge is -2.25. The maximum Gasteiger partial charge on any atom is 0.330 e. The third kappa shape index (κ3) is 11.6. The Hall–Kier alpha value is -3.90. The van der Waals surface area contributed by atoms with Crippen LogP contribution in [0.15, 0.2) is 42.5 Å². The van der Waals surface area contributed by atoms with E-state index >= 15 is 0 Å². The summed E-state index contributed by atoms with van der Waals surface area (Å²) < 4.78 is 24.3. The van der Waals surface area contributed by atoms with Gasteiger partial charge in [-0.3, -0.25) is 19.2 Å². The predicted octanol–water partition coefficient (Wildman–Crippen LogP) is 4.21. The molecule has 2 aromatic rings. The molecule has 0 aliphatic heterocycles. The number of rotatable bonds is 17. The topological polar surface area (TPSA) is 148 Å². The Balaban J connectivity index is 2.13. The largest absolute Gasteiger partial charge is 0.494 e. The standard InChI is InChI=1S/C31H36ClFN2O8S/c1-5-43-26-11-9-19(10-12-29(40)42-4)13-20(26)14-27(37)35-30(18(2)3)31(41)34-24(15-28(38)39)25(36)17-44-16-21-22(32)7-6-8-23(21)33/h6-13,18,24,30H,5,14-17H2,1-4H3,(H,34,41)(H,35,37)(H,38,39)/b12-10+/t24?,30-/m0/s1. The number of carboxylic acids is 1. The van der Waals surface area contributed by atoms with Gasteiger partial charge in [-0.25, -0.2) is 9.18 Å². The SMILES string of the molecule is CCOc1ccc(/C=C/C(=O)OC)cc1CC(=O)N[C@H](C(=O)NC(CC(=O)O)C(=O)CSCc1c(F)cccc1Cl)C(C)C. The first-order valence-electron chi connectivity index (χ1n) is 13.7. The molecular formula is C31H36ClFN2O8S. The molecule has 2 aromatic carbocycles. The van der Waals surface area contributed by atoms with Crippen molar-refractivity contribution in [1.29, 1.82) is 0 Å². The van der Waals surface area contributed by atoms with E-state index in [9.17, 15) is 33.5 Å². The number of carboxylic acid groups (broad SMARTS) is 1. The molecule has 3 N–H and O–H groups in total. The monoisotopic (exact) mass is 650 g/mol. The second kappa shape index (κ2) is 18.0. The molecule has 0 aliphatic carbocycles. The molecule has 0 bridgehead atoms. The molecule has 0 fully saturated rings. The number of thioether (sulfide) groups is 1. The van der Waals surface area contributed by atoms with Crippen LogP contribution in [0, 0.1) is 11.7 Å². The molecule has 0 heterocycles. The van der Waals surface area contributed by atoms with Gasteiger partial charge in [-0.1, -0.05) is 37.6 Å². The van der Waals surface area contributed by atoms with Crippen LogP contribution in [-0.4, -0.2) is 66.2 Å². The Bertz CT molecular complexity index is 1360. The maximum absolute atomic E-state index is 14.1. The molecular weight excluding hydrogens is 615 g/mol. The Morgan fingerprint density at radius 1 is 1.11 bits per heavy atom. The van der Waals surface area contributed by atoms with Crippen molar-refractivity contribution in [2.75, 3.05) is 19.5 Å². The van der Waals surface area contributed by atoms with E-state index in [1.165, 1.54) is 37.5 Å². The van der Waals surface area contributed by atoms with Gasteiger partial charge in [-0.15, -0.1) is 11.8 Å². The highest BCUT2D eigenvalue weighted by Crippen LogP contribution is 2.25. The summed E-state index contributed by atoms with van der Waals surface area (Å²) in [5, 5.41) is 14.7. The van der Waals surface area contributed by atoms with Crippen LogP contribution in [0.1, 0.15) is 43.9 Å².